The fraction of sp³-hybridized carbons (Fsp3) is 0.360. The first-order chi connectivity index (χ1) is 16.3. The van der Waals surface area contributed by atoms with Crippen LogP contribution in [0.25, 0.3) is 0 Å². The van der Waals surface area contributed by atoms with Crippen molar-refractivity contribution in [3.05, 3.63) is 65.2 Å². The Morgan fingerprint density at radius 1 is 1.00 bits per heavy atom. The maximum Gasteiger partial charge on any atom is 0.337 e. The zero-order chi connectivity index (χ0) is 24.4. The third-order valence-electron chi connectivity index (χ3n) is 6.26. The molecule has 0 saturated carbocycles. The van der Waals surface area contributed by atoms with Crippen LogP contribution >= 0.6 is 0 Å². The number of carbonyl (C=O) groups excluding carboxylic acids is 3. The fourth-order valence-electron chi connectivity index (χ4n) is 4.60. The number of rotatable bonds is 8. The summed E-state index contributed by atoms with van der Waals surface area (Å²) in [6.45, 7) is 2.58. The Morgan fingerprint density at radius 2 is 1.65 bits per heavy atom. The molecule has 0 radical (unpaired) electrons. The van der Waals surface area contributed by atoms with Crippen molar-refractivity contribution in [3.8, 4) is 5.75 Å². The maximum atomic E-state index is 13.4. The molecule has 9 heteroatoms. The number of carboxylic acid groups (broad SMARTS) is 1. The van der Waals surface area contributed by atoms with Gasteiger partial charge in [0.05, 0.1) is 37.7 Å². The van der Waals surface area contributed by atoms with Gasteiger partial charge in [-0.1, -0.05) is 31.2 Å². The summed E-state index contributed by atoms with van der Waals surface area (Å²) in [6, 6.07) is 11.7. The molecule has 2 aromatic carbocycles. The Labute approximate surface area is 196 Å². The van der Waals surface area contributed by atoms with Crippen molar-refractivity contribution in [1.29, 1.82) is 0 Å². The highest BCUT2D eigenvalue weighted by Crippen LogP contribution is 2.44. The number of nitrogens with zero attached hydrogens (tertiary/aromatic N) is 1. The van der Waals surface area contributed by atoms with Crippen molar-refractivity contribution < 1.29 is 33.8 Å². The van der Waals surface area contributed by atoms with Gasteiger partial charge in [0.15, 0.2) is 0 Å². The molecule has 0 spiro atoms. The number of imide groups is 1. The quantitative estimate of drug-likeness (QED) is 0.448. The van der Waals surface area contributed by atoms with E-state index in [0.717, 1.165) is 11.3 Å². The summed E-state index contributed by atoms with van der Waals surface area (Å²) < 4.78 is 10.3. The lowest BCUT2D eigenvalue weighted by Gasteiger charge is -2.21. The minimum atomic E-state index is -1.18. The summed E-state index contributed by atoms with van der Waals surface area (Å²) in [5, 5.41) is 12.7. The number of amides is 2. The highest BCUT2D eigenvalue weighted by molar-refractivity contribution is 6.08. The van der Waals surface area contributed by atoms with Crippen LogP contribution in [0.3, 0.4) is 0 Å². The van der Waals surface area contributed by atoms with Gasteiger partial charge in [-0.3, -0.25) is 24.6 Å². The number of nitrogens with one attached hydrogen (secondary N) is 1. The highest BCUT2D eigenvalue weighted by atomic mass is 16.5. The molecule has 2 saturated heterocycles. The van der Waals surface area contributed by atoms with E-state index in [1.54, 1.807) is 48.5 Å². The van der Waals surface area contributed by atoms with Gasteiger partial charge in [-0.15, -0.1) is 0 Å². The molecule has 0 aromatic heterocycles. The molecule has 0 bridgehead atoms. The molecule has 2 heterocycles. The van der Waals surface area contributed by atoms with E-state index in [-0.39, 0.29) is 6.54 Å². The van der Waals surface area contributed by atoms with Gasteiger partial charge >= 0.3 is 11.9 Å². The molecule has 2 aliphatic heterocycles. The number of aliphatic carboxylic acids is 1. The molecule has 2 amide bonds. The summed E-state index contributed by atoms with van der Waals surface area (Å²) in [7, 11) is 1.28. The number of fused-ring (bicyclic) bond motifs is 1. The molecule has 178 valence electrons. The average molecular weight is 466 g/mol. The lowest BCUT2D eigenvalue weighted by molar-refractivity contribution is -0.146. The van der Waals surface area contributed by atoms with Gasteiger partial charge in [0.2, 0.25) is 11.8 Å². The van der Waals surface area contributed by atoms with Crippen molar-refractivity contribution in [2.24, 2.45) is 11.8 Å². The Balaban J connectivity index is 1.57. The zero-order valence-corrected chi connectivity index (χ0v) is 18.9. The fourth-order valence-corrected chi connectivity index (χ4v) is 4.60. The number of likely N-dealkylation sites (tertiary alicyclic amines) is 1. The van der Waals surface area contributed by atoms with Crippen LogP contribution in [0, 0.1) is 11.8 Å². The van der Waals surface area contributed by atoms with Gasteiger partial charge in [-0.05, 0) is 41.8 Å². The first-order valence-electron chi connectivity index (χ1n) is 11.1. The molecule has 2 fully saturated rings. The van der Waals surface area contributed by atoms with Gasteiger partial charge in [0.25, 0.3) is 0 Å². The number of hydrogen-bond donors (Lipinski definition) is 2. The first-order valence-corrected chi connectivity index (χ1v) is 11.1. The number of carboxylic acids is 1. The third-order valence-corrected chi connectivity index (χ3v) is 6.26. The number of carbonyl (C=O) groups is 4. The summed E-state index contributed by atoms with van der Waals surface area (Å²) >= 11 is 0. The van der Waals surface area contributed by atoms with Gasteiger partial charge < -0.3 is 14.6 Å². The lowest BCUT2D eigenvalue weighted by atomic mass is 9.86. The topological polar surface area (TPSA) is 122 Å². The van der Waals surface area contributed by atoms with Crippen molar-refractivity contribution in [2.75, 3.05) is 13.7 Å². The smallest absolute Gasteiger partial charge is 0.337 e. The van der Waals surface area contributed by atoms with E-state index >= 15 is 0 Å². The van der Waals surface area contributed by atoms with Crippen LogP contribution in [0.2, 0.25) is 0 Å². The third kappa shape index (κ3) is 4.26. The molecule has 2 N–H and O–H groups in total. The SMILES string of the molecule is CCCOc1ccc(C2NC(C(=O)O)C3C(=O)N(Cc4ccc(C(=O)OC)cc4)C(=O)C23)cc1. The normalized spacial score (nSPS) is 23.6. The van der Waals surface area contributed by atoms with E-state index in [9.17, 15) is 24.3 Å². The van der Waals surface area contributed by atoms with Crippen LogP contribution in [0.5, 0.6) is 5.75 Å². The largest absolute Gasteiger partial charge is 0.494 e. The molecule has 4 rings (SSSR count). The predicted octanol–water partition coefficient (Wildman–Crippen LogP) is 2.16. The molecular weight excluding hydrogens is 440 g/mol. The van der Waals surface area contributed by atoms with E-state index in [4.69, 9.17) is 4.74 Å². The monoisotopic (exact) mass is 466 g/mol. The molecule has 34 heavy (non-hydrogen) atoms. The second-order valence-corrected chi connectivity index (χ2v) is 8.38. The summed E-state index contributed by atoms with van der Waals surface area (Å²) in [5.41, 5.74) is 1.71. The zero-order valence-electron chi connectivity index (χ0n) is 18.9. The molecule has 2 aromatic rings. The lowest BCUT2D eigenvalue weighted by Crippen LogP contribution is -2.42. The number of esters is 1. The Morgan fingerprint density at radius 3 is 2.24 bits per heavy atom. The van der Waals surface area contributed by atoms with Gasteiger partial charge in [-0.25, -0.2) is 4.79 Å². The minimum Gasteiger partial charge on any atom is -0.494 e. The second kappa shape index (κ2) is 9.64. The van der Waals surface area contributed by atoms with E-state index in [1.807, 2.05) is 6.92 Å². The predicted molar refractivity (Wildman–Crippen MR) is 120 cm³/mol. The van der Waals surface area contributed by atoms with E-state index in [0.29, 0.717) is 29.0 Å². The number of benzene rings is 2. The van der Waals surface area contributed by atoms with Crippen LogP contribution in [0.1, 0.15) is 40.9 Å². The average Bonchev–Trinajstić information content (AvgIpc) is 3.36. The van der Waals surface area contributed by atoms with Crippen molar-refractivity contribution >= 4 is 23.8 Å². The van der Waals surface area contributed by atoms with Crippen molar-refractivity contribution in [1.82, 2.24) is 10.2 Å². The standard InChI is InChI=1S/C25H26N2O7/c1-3-12-34-17-10-8-15(9-11-17)20-18-19(21(26-20)24(30)31)23(29)27(22(18)28)13-14-4-6-16(7-5-14)25(32)33-2/h4-11,18-21,26H,3,12-13H2,1-2H3,(H,30,31). The summed E-state index contributed by atoms with van der Waals surface area (Å²) in [5.74, 6) is -3.74. The molecule has 4 atom stereocenters. The van der Waals surface area contributed by atoms with Crippen LogP contribution in [0.15, 0.2) is 48.5 Å². The molecule has 0 aliphatic carbocycles. The Bertz CT molecular complexity index is 1100. The van der Waals surface area contributed by atoms with Crippen LogP contribution in [0.4, 0.5) is 0 Å². The number of hydrogen-bond acceptors (Lipinski definition) is 7. The van der Waals surface area contributed by atoms with Gasteiger partial charge in [0.1, 0.15) is 11.8 Å². The molecular formula is C25H26N2O7. The molecule has 2 aliphatic rings. The Kier molecular flexibility index (Phi) is 6.65. The second-order valence-electron chi connectivity index (χ2n) is 8.38. The number of methoxy groups -OCH3 is 1. The summed E-state index contributed by atoms with van der Waals surface area (Å²) in [4.78, 5) is 51.2. The first kappa shape index (κ1) is 23.4. The van der Waals surface area contributed by atoms with E-state index in [2.05, 4.69) is 10.1 Å². The van der Waals surface area contributed by atoms with Crippen LogP contribution in [-0.4, -0.2) is 53.5 Å². The van der Waals surface area contributed by atoms with Gasteiger partial charge in [-0.2, -0.15) is 0 Å². The van der Waals surface area contributed by atoms with Gasteiger partial charge in [0, 0.05) is 6.04 Å². The maximum absolute atomic E-state index is 13.4. The van der Waals surface area contributed by atoms with Crippen LogP contribution in [-0.2, 0) is 25.7 Å². The van der Waals surface area contributed by atoms with Crippen molar-refractivity contribution in [2.45, 2.75) is 32.0 Å². The summed E-state index contributed by atoms with van der Waals surface area (Å²) in [6.07, 6.45) is 0.869. The van der Waals surface area contributed by atoms with E-state index < -0.39 is 47.7 Å². The molecule has 4 unspecified atom stereocenters. The Hall–Kier alpha value is -3.72. The van der Waals surface area contributed by atoms with Crippen molar-refractivity contribution in [3.63, 3.8) is 0 Å². The van der Waals surface area contributed by atoms with E-state index in [1.165, 1.54) is 7.11 Å². The molecule has 9 nitrogen and oxygen atoms in total. The highest BCUT2D eigenvalue weighted by Gasteiger charge is 2.60. The minimum absolute atomic E-state index is 0.00499. The number of ether oxygens (including phenoxy) is 2. The van der Waals surface area contributed by atoms with Crippen LogP contribution < -0.4 is 10.1 Å².